The van der Waals surface area contributed by atoms with Gasteiger partial charge < -0.3 is 15.2 Å². The van der Waals surface area contributed by atoms with Crippen molar-refractivity contribution in [1.29, 1.82) is 5.41 Å². The van der Waals surface area contributed by atoms with Crippen LogP contribution in [0, 0.1) is 5.41 Å². The molecule has 3 N–H and O–H groups in total. The summed E-state index contributed by atoms with van der Waals surface area (Å²) in [6.45, 7) is 0.692. The number of nitrogens with zero attached hydrogens (tertiary/aromatic N) is 1. The Hall–Kier alpha value is -2.40. The van der Waals surface area contributed by atoms with E-state index in [1.54, 1.807) is 25.4 Å². The normalized spacial score (nSPS) is 10.2. The van der Waals surface area contributed by atoms with E-state index >= 15 is 0 Å². The van der Waals surface area contributed by atoms with Crippen molar-refractivity contribution in [2.75, 3.05) is 13.7 Å². The molecule has 0 bridgehead atoms. The van der Waals surface area contributed by atoms with Gasteiger partial charge in [0, 0.05) is 13.3 Å². The lowest BCUT2D eigenvalue weighted by Crippen LogP contribution is -2.14. The first-order valence-electron chi connectivity index (χ1n) is 6.26. The molecule has 0 saturated carbocycles. The third-order valence-corrected chi connectivity index (χ3v) is 2.77. The number of nitrogen functional groups attached to an aromatic ring is 1. The van der Waals surface area contributed by atoms with Gasteiger partial charge in [-0.15, -0.1) is 0 Å². The van der Waals surface area contributed by atoms with Crippen molar-refractivity contribution >= 4 is 5.84 Å². The van der Waals surface area contributed by atoms with E-state index < -0.39 is 0 Å². The maximum absolute atomic E-state index is 7.47. The van der Waals surface area contributed by atoms with Crippen molar-refractivity contribution in [3.05, 3.63) is 53.9 Å². The van der Waals surface area contributed by atoms with Crippen molar-refractivity contribution in [2.45, 2.75) is 6.42 Å². The van der Waals surface area contributed by atoms with Gasteiger partial charge in [0.1, 0.15) is 17.3 Å². The highest BCUT2D eigenvalue weighted by Crippen LogP contribution is 2.23. The molecule has 0 radical (unpaired) electrons. The highest BCUT2D eigenvalue weighted by atomic mass is 16.5. The molecule has 2 rings (SSSR count). The van der Waals surface area contributed by atoms with Gasteiger partial charge in [0.15, 0.2) is 5.75 Å². The van der Waals surface area contributed by atoms with Gasteiger partial charge in [0.2, 0.25) is 0 Å². The van der Waals surface area contributed by atoms with Crippen LogP contribution in [0.5, 0.6) is 11.5 Å². The number of rotatable bonds is 6. The quantitative estimate of drug-likeness (QED) is 0.624. The summed E-state index contributed by atoms with van der Waals surface area (Å²) < 4.78 is 10.8. The minimum atomic E-state index is -0.114. The van der Waals surface area contributed by atoms with Crippen molar-refractivity contribution in [2.24, 2.45) is 5.73 Å². The maximum Gasteiger partial charge on any atom is 0.156 e. The van der Waals surface area contributed by atoms with Crippen LogP contribution in [-0.2, 0) is 11.2 Å². The molecule has 0 spiro atoms. The summed E-state index contributed by atoms with van der Waals surface area (Å²) in [5.74, 6) is 1.05. The summed E-state index contributed by atoms with van der Waals surface area (Å²) in [5.41, 5.74) is 7.00. The van der Waals surface area contributed by atoms with E-state index in [-0.39, 0.29) is 5.84 Å². The second-order valence-corrected chi connectivity index (χ2v) is 4.25. The highest BCUT2D eigenvalue weighted by molar-refractivity contribution is 5.95. The molecule has 0 fully saturated rings. The SMILES string of the molecule is COCCc1ccc(Oc2cccnc2C(=N)N)cc1. The number of ether oxygens (including phenoxy) is 2. The number of nitrogens with two attached hydrogens (primary N) is 1. The highest BCUT2D eigenvalue weighted by Gasteiger charge is 2.08. The lowest BCUT2D eigenvalue weighted by Gasteiger charge is -2.09. The van der Waals surface area contributed by atoms with Gasteiger partial charge in [-0.2, -0.15) is 0 Å². The summed E-state index contributed by atoms with van der Waals surface area (Å²) in [6.07, 6.45) is 2.44. The van der Waals surface area contributed by atoms with E-state index in [2.05, 4.69) is 4.98 Å². The molecular weight excluding hydrogens is 254 g/mol. The van der Waals surface area contributed by atoms with Gasteiger partial charge in [-0.25, -0.2) is 4.98 Å². The largest absolute Gasteiger partial charge is 0.455 e. The Morgan fingerprint density at radius 1 is 1.25 bits per heavy atom. The number of hydrogen-bond donors (Lipinski definition) is 2. The second-order valence-electron chi connectivity index (χ2n) is 4.25. The first kappa shape index (κ1) is 14.0. The van der Waals surface area contributed by atoms with Gasteiger partial charge in [-0.1, -0.05) is 12.1 Å². The first-order chi connectivity index (χ1) is 9.70. The van der Waals surface area contributed by atoms with Crippen molar-refractivity contribution in [3.8, 4) is 11.5 Å². The zero-order chi connectivity index (χ0) is 14.4. The Morgan fingerprint density at radius 2 is 2.00 bits per heavy atom. The number of aromatic nitrogens is 1. The van der Waals surface area contributed by atoms with Crippen molar-refractivity contribution in [1.82, 2.24) is 4.98 Å². The summed E-state index contributed by atoms with van der Waals surface area (Å²) >= 11 is 0. The Balaban J connectivity index is 2.12. The van der Waals surface area contributed by atoms with Crippen LogP contribution < -0.4 is 10.5 Å². The van der Waals surface area contributed by atoms with Gasteiger partial charge >= 0.3 is 0 Å². The average molecular weight is 271 g/mol. The number of benzene rings is 1. The second kappa shape index (κ2) is 6.68. The third-order valence-electron chi connectivity index (χ3n) is 2.77. The van der Waals surface area contributed by atoms with Crippen LogP contribution in [0.1, 0.15) is 11.3 Å². The van der Waals surface area contributed by atoms with Crippen LogP contribution in [0.2, 0.25) is 0 Å². The molecule has 0 aliphatic rings. The van der Waals surface area contributed by atoms with Gasteiger partial charge in [0.05, 0.1) is 6.61 Å². The summed E-state index contributed by atoms with van der Waals surface area (Å²) in [6, 6.07) is 11.2. The molecule has 1 aromatic heterocycles. The molecule has 0 atom stereocenters. The lowest BCUT2D eigenvalue weighted by atomic mass is 10.1. The number of amidine groups is 1. The van der Waals surface area contributed by atoms with Crippen molar-refractivity contribution in [3.63, 3.8) is 0 Å². The number of methoxy groups -OCH3 is 1. The van der Waals surface area contributed by atoms with E-state index in [1.165, 1.54) is 5.56 Å². The van der Waals surface area contributed by atoms with E-state index in [9.17, 15) is 0 Å². The first-order valence-corrected chi connectivity index (χ1v) is 6.26. The fourth-order valence-electron chi connectivity index (χ4n) is 1.75. The van der Waals surface area contributed by atoms with Crippen LogP contribution >= 0.6 is 0 Å². The molecule has 1 aromatic carbocycles. The monoisotopic (exact) mass is 271 g/mol. The minimum absolute atomic E-state index is 0.114. The molecule has 0 unspecified atom stereocenters. The van der Waals surface area contributed by atoms with Crippen LogP contribution in [-0.4, -0.2) is 24.5 Å². The summed E-state index contributed by atoms with van der Waals surface area (Å²) in [5, 5.41) is 7.47. The molecule has 0 amide bonds. The van der Waals surface area contributed by atoms with Crippen molar-refractivity contribution < 1.29 is 9.47 Å². The topological polar surface area (TPSA) is 81.2 Å². The van der Waals surface area contributed by atoms with Gasteiger partial charge in [-0.05, 0) is 36.2 Å². The number of nitrogens with one attached hydrogen (secondary N) is 1. The molecule has 104 valence electrons. The van der Waals surface area contributed by atoms with Crippen LogP contribution in [0.25, 0.3) is 0 Å². The van der Waals surface area contributed by atoms with E-state index in [4.69, 9.17) is 20.6 Å². The third kappa shape index (κ3) is 3.55. The fraction of sp³-hybridized carbons (Fsp3) is 0.200. The number of pyridine rings is 1. The Morgan fingerprint density at radius 3 is 2.65 bits per heavy atom. The number of hydrogen-bond acceptors (Lipinski definition) is 4. The van der Waals surface area contributed by atoms with Crippen LogP contribution in [0.15, 0.2) is 42.6 Å². The maximum atomic E-state index is 7.47. The lowest BCUT2D eigenvalue weighted by molar-refractivity contribution is 0.202. The van der Waals surface area contributed by atoms with Gasteiger partial charge in [-0.3, -0.25) is 5.41 Å². The van der Waals surface area contributed by atoms with E-state index in [0.717, 1.165) is 6.42 Å². The predicted octanol–water partition coefficient (Wildman–Crippen LogP) is 2.35. The van der Waals surface area contributed by atoms with E-state index in [0.29, 0.717) is 23.8 Å². The molecule has 0 saturated heterocycles. The molecule has 20 heavy (non-hydrogen) atoms. The minimum Gasteiger partial charge on any atom is -0.455 e. The summed E-state index contributed by atoms with van der Waals surface area (Å²) in [7, 11) is 1.68. The molecule has 0 aliphatic carbocycles. The van der Waals surface area contributed by atoms with Crippen LogP contribution in [0.4, 0.5) is 0 Å². The zero-order valence-electron chi connectivity index (χ0n) is 11.3. The van der Waals surface area contributed by atoms with Gasteiger partial charge in [0.25, 0.3) is 0 Å². The Kier molecular flexibility index (Phi) is 4.68. The van der Waals surface area contributed by atoms with Crippen LogP contribution in [0.3, 0.4) is 0 Å². The Labute approximate surface area is 117 Å². The molecule has 5 nitrogen and oxygen atoms in total. The molecule has 1 heterocycles. The average Bonchev–Trinajstić information content (AvgIpc) is 2.47. The molecule has 5 heteroatoms. The standard InChI is InChI=1S/C15H17N3O2/c1-19-10-8-11-4-6-12(7-5-11)20-13-3-2-9-18-14(13)15(16)17/h2-7,9H,8,10H2,1H3,(H3,16,17). The molecule has 2 aromatic rings. The fourth-order valence-corrected chi connectivity index (χ4v) is 1.75. The zero-order valence-corrected chi connectivity index (χ0v) is 11.3. The smallest absolute Gasteiger partial charge is 0.156 e. The van der Waals surface area contributed by atoms with E-state index in [1.807, 2.05) is 24.3 Å². The molecule has 0 aliphatic heterocycles. The molecular formula is C15H17N3O2. The predicted molar refractivity (Wildman–Crippen MR) is 77.3 cm³/mol. The summed E-state index contributed by atoms with van der Waals surface area (Å²) in [4.78, 5) is 4.04. The Bertz CT molecular complexity index is 582.